The first-order valence-corrected chi connectivity index (χ1v) is 8.30. The van der Waals surface area contributed by atoms with E-state index in [0.29, 0.717) is 5.92 Å². The highest BCUT2D eigenvalue weighted by Crippen LogP contribution is 2.37. The van der Waals surface area contributed by atoms with Crippen molar-refractivity contribution in [2.45, 2.75) is 27.2 Å². The van der Waals surface area contributed by atoms with E-state index in [4.69, 9.17) is 14.5 Å². The highest BCUT2D eigenvalue weighted by molar-refractivity contribution is 7.16. The van der Waals surface area contributed by atoms with Gasteiger partial charge in [0, 0.05) is 23.1 Å². The number of ether oxygens (including phenoxy) is 2. The number of nitrogens with zero attached hydrogens (tertiary/aromatic N) is 1. The van der Waals surface area contributed by atoms with Crippen LogP contribution in [0.3, 0.4) is 0 Å². The highest BCUT2D eigenvalue weighted by Gasteiger charge is 2.15. The Balaban J connectivity index is 2.23. The average molecular weight is 320 g/mol. The van der Waals surface area contributed by atoms with Gasteiger partial charge in [-0.1, -0.05) is 13.8 Å². The van der Waals surface area contributed by atoms with Gasteiger partial charge in [-0.3, -0.25) is 0 Å². The van der Waals surface area contributed by atoms with Gasteiger partial charge in [-0.15, -0.1) is 11.3 Å². The fourth-order valence-electron chi connectivity index (χ4n) is 2.18. The lowest BCUT2D eigenvalue weighted by Gasteiger charge is -2.09. The molecule has 2 rings (SSSR count). The van der Waals surface area contributed by atoms with E-state index in [2.05, 4.69) is 26.1 Å². The molecule has 1 N–H and O–H groups in total. The zero-order chi connectivity index (χ0) is 16.1. The maximum atomic E-state index is 5.48. The third kappa shape index (κ3) is 3.91. The smallest absolute Gasteiger partial charge is 0.183 e. The van der Waals surface area contributed by atoms with Crippen LogP contribution in [0.5, 0.6) is 11.5 Å². The third-order valence-corrected chi connectivity index (χ3v) is 4.39. The molecule has 1 aromatic heterocycles. The van der Waals surface area contributed by atoms with Gasteiger partial charge in [0.05, 0.1) is 19.9 Å². The van der Waals surface area contributed by atoms with E-state index >= 15 is 0 Å². The molecule has 22 heavy (non-hydrogen) atoms. The molecule has 0 aliphatic heterocycles. The van der Waals surface area contributed by atoms with E-state index in [0.717, 1.165) is 40.9 Å². The van der Waals surface area contributed by atoms with Crippen molar-refractivity contribution >= 4 is 16.5 Å². The number of methoxy groups -OCH3 is 2. The molecule has 1 heterocycles. The number of aryl methyl sites for hydroxylation is 1. The van der Waals surface area contributed by atoms with Gasteiger partial charge in [0.15, 0.2) is 5.13 Å². The molecule has 0 saturated carbocycles. The Bertz CT molecular complexity index is 623. The molecule has 5 heteroatoms. The lowest BCUT2D eigenvalue weighted by Crippen LogP contribution is -2.04. The Kier molecular flexibility index (Phi) is 5.66. The fourth-order valence-corrected chi connectivity index (χ4v) is 3.04. The van der Waals surface area contributed by atoms with Gasteiger partial charge in [-0.25, -0.2) is 4.98 Å². The quantitative estimate of drug-likeness (QED) is 0.810. The van der Waals surface area contributed by atoms with Crippen LogP contribution in [0.25, 0.3) is 11.3 Å². The summed E-state index contributed by atoms with van der Waals surface area (Å²) in [6, 6.07) is 5.82. The maximum absolute atomic E-state index is 5.48. The fraction of sp³-hybridized carbons (Fsp3) is 0.471. The molecule has 0 atom stereocenters. The summed E-state index contributed by atoms with van der Waals surface area (Å²) in [4.78, 5) is 5.90. The molecule has 4 nitrogen and oxygen atoms in total. The molecule has 0 unspecified atom stereocenters. The Morgan fingerprint density at radius 2 is 2.00 bits per heavy atom. The van der Waals surface area contributed by atoms with Crippen molar-refractivity contribution in [1.82, 2.24) is 4.98 Å². The Morgan fingerprint density at radius 1 is 1.23 bits per heavy atom. The molecule has 0 saturated heterocycles. The minimum absolute atomic E-state index is 0.690. The van der Waals surface area contributed by atoms with E-state index < -0.39 is 0 Å². The second kappa shape index (κ2) is 7.49. The van der Waals surface area contributed by atoms with Crippen LogP contribution in [0.1, 0.15) is 25.1 Å². The van der Waals surface area contributed by atoms with Gasteiger partial charge in [-0.05, 0) is 31.4 Å². The van der Waals surface area contributed by atoms with Gasteiger partial charge in [0.25, 0.3) is 0 Å². The largest absolute Gasteiger partial charge is 0.497 e. The molecule has 0 fully saturated rings. The zero-order valence-electron chi connectivity index (χ0n) is 13.9. The van der Waals surface area contributed by atoms with Crippen molar-refractivity contribution in [3.05, 3.63) is 23.1 Å². The highest BCUT2D eigenvalue weighted by atomic mass is 32.1. The lowest BCUT2D eigenvalue weighted by molar-refractivity contribution is 0.395. The Morgan fingerprint density at radius 3 is 2.64 bits per heavy atom. The molecule has 0 amide bonds. The minimum Gasteiger partial charge on any atom is -0.497 e. The van der Waals surface area contributed by atoms with E-state index in [1.165, 1.54) is 4.88 Å². The van der Waals surface area contributed by atoms with E-state index in [9.17, 15) is 0 Å². The number of rotatable bonds is 7. The number of thiazole rings is 1. The van der Waals surface area contributed by atoms with Crippen LogP contribution in [0.4, 0.5) is 5.13 Å². The first kappa shape index (κ1) is 16.6. The van der Waals surface area contributed by atoms with Gasteiger partial charge < -0.3 is 14.8 Å². The predicted octanol–water partition coefficient (Wildman–Crippen LogP) is 4.59. The molecular formula is C17H24N2O2S. The van der Waals surface area contributed by atoms with Crippen LogP contribution in [0.2, 0.25) is 0 Å². The third-order valence-electron chi connectivity index (χ3n) is 3.46. The molecule has 0 spiro atoms. The summed E-state index contributed by atoms with van der Waals surface area (Å²) in [6.07, 6.45) is 1.14. The standard InChI is InChI=1S/C17H24N2O2S/c1-11(2)8-9-18-17-19-16(12(3)22-17)14-7-6-13(20-4)10-15(14)21-5/h6-7,10-11H,8-9H2,1-5H3,(H,18,19). The van der Waals surface area contributed by atoms with Crippen molar-refractivity contribution in [2.75, 3.05) is 26.1 Å². The number of nitrogens with one attached hydrogen (secondary N) is 1. The summed E-state index contributed by atoms with van der Waals surface area (Å²) in [6.45, 7) is 7.49. The molecular weight excluding hydrogens is 296 g/mol. The topological polar surface area (TPSA) is 43.4 Å². The normalized spacial score (nSPS) is 10.8. The SMILES string of the molecule is COc1ccc(-c2nc(NCCC(C)C)sc2C)c(OC)c1. The van der Waals surface area contributed by atoms with Crippen molar-refractivity contribution in [2.24, 2.45) is 5.92 Å². The van der Waals surface area contributed by atoms with Crippen molar-refractivity contribution in [3.63, 3.8) is 0 Å². The Labute approximate surface area is 136 Å². The summed E-state index contributed by atoms with van der Waals surface area (Å²) in [5.74, 6) is 2.25. The lowest BCUT2D eigenvalue weighted by atomic mass is 10.1. The van der Waals surface area contributed by atoms with Crippen molar-refractivity contribution < 1.29 is 9.47 Å². The number of hydrogen-bond donors (Lipinski definition) is 1. The maximum Gasteiger partial charge on any atom is 0.183 e. The number of hydrogen-bond acceptors (Lipinski definition) is 5. The van der Waals surface area contributed by atoms with E-state index in [-0.39, 0.29) is 0 Å². The van der Waals surface area contributed by atoms with Gasteiger partial charge in [-0.2, -0.15) is 0 Å². The van der Waals surface area contributed by atoms with Crippen LogP contribution in [-0.4, -0.2) is 25.7 Å². The number of anilines is 1. The Hall–Kier alpha value is -1.75. The monoisotopic (exact) mass is 320 g/mol. The second-order valence-electron chi connectivity index (χ2n) is 5.60. The van der Waals surface area contributed by atoms with Crippen molar-refractivity contribution in [3.8, 4) is 22.8 Å². The van der Waals surface area contributed by atoms with Crippen LogP contribution >= 0.6 is 11.3 Å². The molecule has 0 radical (unpaired) electrons. The van der Waals surface area contributed by atoms with Crippen LogP contribution in [0.15, 0.2) is 18.2 Å². The predicted molar refractivity (Wildman–Crippen MR) is 93.3 cm³/mol. The second-order valence-corrected chi connectivity index (χ2v) is 6.80. The van der Waals surface area contributed by atoms with Gasteiger partial charge in [0.2, 0.25) is 0 Å². The minimum atomic E-state index is 0.690. The number of aromatic nitrogens is 1. The van der Waals surface area contributed by atoms with Crippen LogP contribution < -0.4 is 14.8 Å². The number of benzene rings is 1. The molecule has 2 aromatic rings. The first-order valence-electron chi connectivity index (χ1n) is 7.48. The molecule has 120 valence electrons. The van der Waals surface area contributed by atoms with E-state index in [1.54, 1.807) is 25.6 Å². The summed E-state index contributed by atoms with van der Waals surface area (Å²) >= 11 is 1.68. The summed E-state index contributed by atoms with van der Waals surface area (Å²) in [5.41, 5.74) is 1.96. The van der Waals surface area contributed by atoms with Gasteiger partial charge in [0.1, 0.15) is 11.5 Å². The summed E-state index contributed by atoms with van der Waals surface area (Å²) < 4.78 is 10.7. The van der Waals surface area contributed by atoms with Gasteiger partial charge >= 0.3 is 0 Å². The molecule has 0 bridgehead atoms. The summed E-state index contributed by atoms with van der Waals surface area (Å²) in [7, 11) is 3.32. The summed E-state index contributed by atoms with van der Waals surface area (Å²) in [5, 5.41) is 4.37. The zero-order valence-corrected chi connectivity index (χ0v) is 14.7. The van der Waals surface area contributed by atoms with Crippen LogP contribution in [0, 0.1) is 12.8 Å². The molecule has 0 aliphatic carbocycles. The first-order chi connectivity index (χ1) is 10.5. The van der Waals surface area contributed by atoms with Crippen molar-refractivity contribution in [1.29, 1.82) is 0 Å². The average Bonchev–Trinajstić information content (AvgIpc) is 2.86. The molecule has 0 aliphatic rings. The molecule has 1 aromatic carbocycles. The van der Waals surface area contributed by atoms with Crippen LogP contribution in [-0.2, 0) is 0 Å². The van der Waals surface area contributed by atoms with E-state index in [1.807, 2.05) is 18.2 Å².